The third kappa shape index (κ3) is 10.2. The van der Waals surface area contributed by atoms with Crippen LogP contribution in [-0.4, -0.2) is 42.0 Å². The molecule has 0 aromatic rings. The average Bonchev–Trinajstić information content (AvgIpc) is 3.14. The number of hydrogen-bond acceptors (Lipinski definition) is 2. The molecule has 1 aliphatic heterocycles. The van der Waals surface area contributed by atoms with Gasteiger partial charge in [-0.15, -0.1) is 0 Å². The molecule has 0 aliphatic carbocycles. The second-order valence-electron chi connectivity index (χ2n) is 9.16. The van der Waals surface area contributed by atoms with E-state index in [1.54, 1.807) is 6.92 Å². The first-order valence-corrected chi connectivity index (χ1v) is 12.9. The van der Waals surface area contributed by atoms with Crippen LogP contribution in [0.15, 0.2) is 17.1 Å². The van der Waals surface area contributed by atoms with E-state index < -0.39 is 0 Å². The van der Waals surface area contributed by atoms with E-state index >= 15 is 0 Å². The minimum atomic E-state index is 0.0557. The van der Waals surface area contributed by atoms with Gasteiger partial charge in [-0.1, -0.05) is 70.4 Å². The van der Waals surface area contributed by atoms with Gasteiger partial charge < -0.3 is 5.32 Å². The second kappa shape index (κ2) is 16.5. The van der Waals surface area contributed by atoms with Crippen molar-refractivity contribution in [1.29, 1.82) is 0 Å². The van der Waals surface area contributed by atoms with E-state index in [-0.39, 0.29) is 12.1 Å². The summed E-state index contributed by atoms with van der Waals surface area (Å²) in [7, 11) is 0. The van der Waals surface area contributed by atoms with E-state index in [9.17, 15) is 4.79 Å². The summed E-state index contributed by atoms with van der Waals surface area (Å²) in [5, 5.41) is 3.11. The summed E-state index contributed by atoms with van der Waals surface area (Å²) in [5.41, 5.74) is 0. The van der Waals surface area contributed by atoms with Crippen LogP contribution in [0.1, 0.15) is 118 Å². The number of nitrogens with zero attached hydrogens (tertiary/aromatic N) is 2. The van der Waals surface area contributed by atoms with Gasteiger partial charge in [0.05, 0.1) is 12.8 Å². The average molecular weight is 421 g/mol. The van der Waals surface area contributed by atoms with E-state index in [1.165, 1.54) is 83.5 Å². The molecule has 1 amide bonds. The number of aliphatic imine (C=N–C) groups is 1. The van der Waals surface area contributed by atoms with Crippen LogP contribution in [0, 0.1) is 0 Å². The molecule has 0 radical (unpaired) electrons. The van der Waals surface area contributed by atoms with Gasteiger partial charge in [0, 0.05) is 20.3 Å². The van der Waals surface area contributed by atoms with Gasteiger partial charge in [0.25, 0.3) is 0 Å². The number of hydrogen-bond donors (Lipinski definition) is 1. The summed E-state index contributed by atoms with van der Waals surface area (Å²) in [4.78, 5) is 16.3. The molecular formula is C26H50N3O+. The largest absolute Gasteiger partial charge is 0.307 e. The van der Waals surface area contributed by atoms with Crippen LogP contribution in [0.25, 0.3) is 0 Å². The molecule has 30 heavy (non-hydrogen) atoms. The first-order valence-electron chi connectivity index (χ1n) is 12.9. The van der Waals surface area contributed by atoms with Gasteiger partial charge in [0.15, 0.2) is 12.3 Å². The SMILES string of the molecule is CCCCCCCC/C=C/CCCCCCCC1N=CC[N+]1(CC)C(C)NC(C)=O. The fraction of sp³-hybridized carbons (Fsp3) is 0.846. The number of amides is 1. The molecule has 0 fully saturated rings. The second-order valence-corrected chi connectivity index (χ2v) is 9.16. The Kier molecular flexibility index (Phi) is 14.8. The van der Waals surface area contributed by atoms with Crippen molar-refractivity contribution in [3.8, 4) is 0 Å². The summed E-state index contributed by atoms with van der Waals surface area (Å²) < 4.78 is 0.878. The van der Waals surface area contributed by atoms with E-state index in [1.807, 2.05) is 0 Å². The van der Waals surface area contributed by atoms with Crippen LogP contribution in [0.3, 0.4) is 0 Å². The molecule has 3 atom stereocenters. The molecule has 1 aliphatic rings. The summed E-state index contributed by atoms with van der Waals surface area (Å²) >= 11 is 0. The maximum absolute atomic E-state index is 11.5. The lowest BCUT2D eigenvalue weighted by molar-refractivity contribution is -0.959. The van der Waals surface area contributed by atoms with Crippen LogP contribution in [-0.2, 0) is 4.79 Å². The van der Waals surface area contributed by atoms with Crippen LogP contribution < -0.4 is 5.32 Å². The Morgan fingerprint density at radius 2 is 1.57 bits per heavy atom. The highest BCUT2D eigenvalue weighted by Crippen LogP contribution is 2.27. The first-order chi connectivity index (χ1) is 14.6. The van der Waals surface area contributed by atoms with Crippen molar-refractivity contribution in [1.82, 2.24) is 5.32 Å². The fourth-order valence-corrected chi connectivity index (χ4v) is 4.76. The fourth-order valence-electron chi connectivity index (χ4n) is 4.76. The molecule has 0 aromatic carbocycles. The zero-order chi connectivity index (χ0) is 22.1. The molecular weight excluding hydrogens is 370 g/mol. The number of quaternary nitrogens is 1. The highest BCUT2D eigenvalue weighted by atomic mass is 16.1. The van der Waals surface area contributed by atoms with E-state index in [2.05, 4.69) is 44.5 Å². The van der Waals surface area contributed by atoms with Crippen LogP contribution in [0.5, 0.6) is 0 Å². The molecule has 1 rings (SSSR count). The lowest BCUT2D eigenvalue weighted by Gasteiger charge is -2.42. The van der Waals surface area contributed by atoms with Crippen LogP contribution in [0.2, 0.25) is 0 Å². The van der Waals surface area contributed by atoms with Crippen molar-refractivity contribution >= 4 is 12.1 Å². The quantitative estimate of drug-likeness (QED) is 0.149. The molecule has 1 heterocycles. The molecule has 0 spiro atoms. The molecule has 0 saturated heterocycles. The predicted octanol–water partition coefficient (Wildman–Crippen LogP) is 6.75. The van der Waals surface area contributed by atoms with Crippen molar-refractivity contribution in [2.75, 3.05) is 13.1 Å². The molecule has 1 N–H and O–H groups in total. The highest BCUT2D eigenvalue weighted by Gasteiger charge is 2.42. The minimum Gasteiger partial charge on any atom is -0.307 e. The molecule has 3 unspecified atom stereocenters. The standard InChI is InChI=1S/C26H49N3O/c1-5-7-8-9-10-11-12-13-14-15-16-17-18-19-20-21-26-27-22-23-29(26,6-2)24(3)28-25(4)30/h13-14,22,24,26H,5-12,15-21,23H2,1-4H3/p+1/b14-13+. The molecule has 4 nitrogen and oxygen atoms in total. The van der Waals surface area contributed by atoms with Crippen molar-refractivity contribution in [2.24, 2.45) is 4.99 Å². The number of nitrogens with one attached hydrogen (secondary N) is 1. The molecule has 0 bridgehead atoms. The lowest BCUT2D eigenvalue weighted by atomic mass is 10.1. The maximum atomic E-state index is 11.5. The monoisotopic (exact) mass is 420 g/mol. The lowest BCUT2D eigenvalue weighted by Crippen LogP contribution is -2.63. The maximum Gasteiger partial charge on any atom is 0.221 e. The Balaban J connectivity index is 2.07. The van der Waals surface area contributed by atoms with E-state index in [0.29, 0.717) is 6.17 Å². The molecule has 174 valence electrons. The van der Waals surface area contributed by atoms with Gasteiger partial charge in [-0.25, -0.2) is 4.99 Å². The molecule has 4 heteroatoms. The summed E-state index contributed by atoms with van der Waals surface area (Å²) in [6.07, 6.45) is 25.8. The van der Waals surface area contributed by atoms with Gasteiger partial charge in [0.2, 0.25) is 5.91 Å². The van der Waals surface area contributed by atoms with Gasteiger partial charge in [-0.05, 0) is 39.0 Å². The third-order valence-corrected chi connectivity index (χ3v) is 6.79. The topological polar surface area (TPSA) is 41.5 Å². The van der Waals surface area contributed by atoms with Gasteiger partial charge in [-0.3, -0.25) is 9.28 Å². The van der Waals surface area contributed by atoms with Crippen molar-refractivity contribution < 1.29 is 9.28 Å². The third-order valence-electron chi connectivity index (χ3n) is 6.79. The number of carbonyl (C=O) groups excluding carboxylic acids is 1. The van der Waals surface area contributed by atoms with Crippen molar-refractivity contribution in [2.45, 2.75) is 130 Å². The van der Waals surface area contributed by atoms with Crippen LogP contribution in [0.4, 0.5) is 0 Å². The van der Waals surface area contributed by atoms with E-state index in [0.717, 1.165) is 24.0 Å². The van der Waals surface area contributed by atoms with Gasteiger partial charge in [-0.2, -0.15) is 0 Å². The Hall–Kier alpha value is -1.16. The first kappa shape index (κ1) is 26.9. The Bertz CT molecular complexity index is 503. The van der Waals surface area contributed by atoms with Crippen LogP contribution >= 0.6 is 0 Å². The predicted molar refractivity (Wildman–Crippen MR) is 131 cm³/mol. The molecule has 0 aromatic heterocycles. The van der Waals surface area contributed by atoms with Gasteiger partial charge in [0.1, 0.15) is 6.54 Å². The smallest absolute Gasteiger partial charge is 0.221 e. The summed E-state index contributed by atoms with van der Waals surface area (Å²) in [5.74, 6) is 0.0557. The zero-order valence-corrected chi connectivity index (χ0v) is 20.5. The molecule has 0 saturated carbocycles. The highest BCUT2D eigenvalue weighted by molar-refractivity contribution is 5.73. The number of allylic oxidation sites excluding steroid dienone is 2. The van der Waals surface area contributed by atoms with Crippen molar-refractivity contribution in [3.05, 3.63) is 12.2 Å². The Morgan fingerprint density at radius 1 is 1.00 bits per heavy atom. The Labute approximate surface area is 187 Å². The van der Waals surface area contributed by atoms with Gasteiger partial charge >= 0.3 is 0 Å². The van der Waals surface area contributed by atoms with Crippen molar-refractivity contribution in [3.63, 3.8) is 0 Å². The minimum absolute atomic E-state index is 0.0557. The number of carbonyl (C=O) groups is 1. The number of unbranched alkanes of at least 4 members (excludes halogenated alkanes) is 11. The zero-order valence-electron chi connectivity index (χ0n) is 20.5. The summed E-state index contributed by atoms with van der Waals surface area (Å²) in [6.45, 7) is 10.2. The normalized spacial score (nSPS) is 22.1. The summed E-state index contributed by atoms with van der Waals surface area (Å²) in [6, 6.07) is 0. The van der Waals surface area contributed by atoms with E-state index in [4.69, 9.17) is 4.99 Å². The Morgan fingerprint density at radius 3 is 2.13 bits per heavy atom. The number of rotatable bonds is 18.